The van der Waals surface area contributed by atoms with Crippen LogP contribution >= 0.6 is 11.8 Å². The number of ether oxygens (including phenoxy) is 5. The van der Waals surface area contributed by atoms with Crippen LogP contribution in [0.4, 0.5) is 9.59 Å². The molecule has 0 fully saturated rings. The van der Waals surface area contributed by atoms with E-state index in [1.807, 2.05) is 48.5 Å². The maximum Gasteiger partial charge on any atom is 0.408 e. The molecule has 4 amide bonds. The third-order valence-electron chi connectivity index (χ3n) is 9.15. The number of rotatable bonds is 24. The molecule has 0 aliphatic carbocycles. The minimum Gasteiger partial charge on any atom is -0.459 e. The van der Waals surface area contributed by atoms with Crippen LogP contribution in [0.3, 0.4) is 0 Å². The number of alkyl carbamates (subject to hydrolysis) is 2. The van der Waals surface area contributed by atoms with E-state index in [9.17, 15) is 33.9 Å². The fraction of sp³-hybridized carbons (Fsp3) is 0.375. The van der Waals surface area contributed by atoms with Crippen LogP contribution in [-0.4, -0.2) is 88.6 Å². The lowest BCUT2D eigenvalue weighted by Crippen LogP contribution is -2.53. The number of esters is 2. The number of aliphatic hydroxyl groups excluding tert-OH is 1. The van der Waals surface area contributed by atoms with Gasteiger partial charge in [0.25, 0.3) is 0 Å². The van der Waals surface area contributed by atoms with Gasteiger partial charge in [-0.1, -0.05) is 121 Å². The molecule has 5 N–H and O–H groups in total. The highest BCUT2D eigenvalue weighted by Gasteiger charge is 2.30. The number of thioether (sulfide) groups is 1. The van der Waals surface area contributed by atoms with E-state index in [-0.39, 0.29) is 50.8 Å². The average molecular weight is 915 g/mol. The zero-order chi connectivity index (χ0) is 47.0. The Kier molecular flexibility index (Phi) is 21.3. The normalized spacial score (nSPS) is 13.4. The molecule has 0 spiro atoms. The van der Waals surface area contributed by atoms with Crippen molar-refractivity contribution in [2.75, 3.05) is 11.5 Å². The number of amides is 4. The molecular weight excluding hydrogens is 857 g/mol. The van der Waals surface area contributed by atoms with E-state index >= 15 is 0 Å². The van der Waals surface area contributed by atoms with Crippen molar-refractivity contribution in [3.8, 4) is 0 Å². The Balaban J connectivity index is 1.46. The average Bonchev–Trinajstić information content (AvgIpc) is 3.29. The van der Waals surface area contributed by atoms with Crippen LogP contribution in [0.15, 0.2) is 121 Å². The molecule has 5 atom stereocenters. The molecule has 4 aromatic rings. The van der Waals surface area contributed by atoms with E-state index < -0.39 is 72.0 Å². The summed E-state index contributed by atoms with van der Waals surface area (Å²) in [4.78, 5) is 79.3. The summed E-state index contributed by atoms with van der Waals surface area (Å²) in [5.74, 6) is -3.10. The third-order valence-corrected chi connectivity index (χ3v) is 10.3. The Morgan fingerprint density at radius 3 is 1.55 bits per heavy atom. The summed E-state index contributed by atoms with van der Waals surface area (Å²) in [6.07, 6.45) is -3.84. The van der Waals surface area contributed by atoms with Crippen LogP contribution in [0.5, 0.6) is 0 Å². The van der Waals surface area contributed by atoms with Crippen molar-refractivity contribution >= 4 is 47.7 Å². The van der Waals surface area contributed by atoms with Gasteiger partial charge >= 0.3 is 24.1 Å². The Morgan fingerprint density at radius 2 is 1.05 bits per heavy atom. The van der Waals surface area contributed by atoms with Gasteiger partial charge in [-0.05, 0) is 56.4 Å². The summed E-state index contributed by atoms with van der Waals surface area (Å²) in [7, 11) is 0. The van der Waals surface area contributed by atoms with Crippen molar-refractivity contribution in [1.82, 2.24) is 21.3 Å². The van der Waals surface area contributed by atoms with Crippen LogP contribution < -0.4 is 21.3 Å². The highest BCUT2D eigenvalue weighted by Crippen LogP contribution is 2.15. The first-order valence-electron chi connectivity index (χ1n) is 21.0. The molecule has 0 saturated carbocycles. The van der Waals surface area contributed by atoms with E-state index in [0.29, 0.717) is 5.56 Å². The quantitative estimate of drug-likeness (QED) is 0.0324. The lowest BCUT2D eigenvalue weighted by atomic mass is 10.1. The largest absolute Gasteiger partial charge is 0.459 e. The maximum atomic E-state index is 13.8. The first kappa shape index (κ1) is 51.2. The fourth-order valence-electron chi connectivity index (χ4n) is 5.78. The molecule has 4 aromatic carbocycles. The molecule has 0 radical (unpaired) electrons. The van der Waals surface area contributed by atoms with Crippen LogP contribution in [0, 0.1) is 0 Å². The van der Waals surface area contributed by atoms with Gasteiger partial charge in [0.2, 0.25) is 11.8 Å². The molecule has 0 aliphatic heterocycles. The fourth-order valence-corrected chi connectivity index (χ4v) is 6.88. The Morgan fingerprint density at radius 1 is 0.569 bits per heavy atom. The van der Waals surface area contributed by atoms with E-state index in [1.165, 1.54) is 6.92 Å². The van der Waals surface area contributed by atoms with Gasteiger partial charge in [-0.15, -0.1) is 0 Å². The van der Waals surface area contributed by atoms with Gasteiger partial charge in [-0.2, -0.15) is 11.8 Å². The molecule has 0 bridgehead atoms. The number of carbonyl (C=O) groups is 6. The van der Waals surface area contributed by atoms with Crippen LogP contribution in [0.1, 0.15) is 62.8 Å². The number of carbonyl (C=O) groups excluding carboxylic acids is 6. The lowest BCUT2D eigenvalue weighted by Gasteiger charge is -2.25. The second kappa shape index (κ2) is 27.0. The van der Waals surface area contributed by atoms with E-state index in [2.05, 4.69) is 21.3 Å². The van der Waals surface area contributed by atoms with Crippen LogP contribution in [0.25, 0.3) is 0 Å². The first-order chi connectivity index (χ1) is 31.1. The molecule has 16 nitrogen and oxygen atoms in total. The Bertz CT molecular complexity index is 2090. The van der Waals surface area contributed by atoms with Gasteiger partial charge < -0.3 is 50.1 Å². The molecule has 0 aromatic heterocycles. The topological polar surface area (TPSA) is 217 Å². The SMILES string of the molecule is C[C@@H](NC(=O)[C@@H](CSC[C@H](NC(=O)OCc1ccccc1)C(O)OCc1ccccc1)NC(=O)CC[C@@H](NC(=O)OC(C)(C)C)C(=O)OCc1ccccc1)C(=O)OCc1ccccc1. The second-order valence-electron chi connectivity index (χ2n) is 15.8. The maximum absolute atomic E-state index is 13.8. The first-order valence-corrected chi connectivity index (χ1v) is 22.2. The summed E-state index contributed by atoms with van der Waals surface area (Å²) >= 11 is 1.09. The van der Waals surface area contributed by atoms with Crippen LogP contribution in [-0.2, 0) is 69.3 Å². The molecule has 17 heteroatoms. The van der Waals surface area contributed by atoms with Crippen molar-refractivity contribution in [3.63, 3.8) is 0 Å². The van der Waals surface area contributed by atoms with Gasteiger partial charge in [0.05, 0.1) is 12.6 Å². The van der Waals surface area contributed by atoms with E-state index in [4.69, 9.17) is 23.7 Å². The molecule has 4 rings (SSSR count). The second-order valence-corrected chi connectivity index (χ2v) is 16.9. The number of hydrogen-bond acceptors (Lipinski definition) is 13. The van der Waals surface area contributed by atoms with Gasteiger partial charge in [0.15, 0.2) is 6.29 Å². The zero-order valence-electron chi connectivity index (χ0n) is 36.9. The number of aliphatic hydroxyl groups is 1. The number of nitrogens with one attached hydrogen (secondary N) is 4. The van der Waals surface area contributed by atoms with Crippen molar-refractivity contribution in [1.29, 1.82) is 0 Å². The Hall–Kier alpha value is -6.43. The third kappa shape index (κ3) is 20.3. The molecule has 348 valence electrons. The zero-order valence-corrected chi connectivity index (χ0v) is 37.8. The Labute approximate surface area is 383 Å². The summed E-state index contributed by atoms with van der Waals surface area (Å²) in [5.41, 5.74) is 2.08. The predicted octanol–water partition coefficient (Wildman–Crippen LogP) is 5.70. The van der Waals surface area contributed by atoms with E-state index in [0.717, 1.165) is 28.5 Å². The molecular formula is C48H58N4O12S. The van der Waals surface area contributed by atoms with Gasteiger partial charge in [0.1, 0.15) is 43.5 Å². The van der Waals surface area contributed by atoms with Crippen molar-refractivity contribution in [3.05, 3.63) is 144 Å². The molecule has 0 heterocycles. The highest BCUT2D eigenvalue weighted by atomic mass is 32.2. The molecule has 0 saturated heterocycles. The van der Waals surface area contributed by atoms with Gasteiger partial charge in [-0.3, -0.25) is 9.59 Å². The van der Waals surface area contributed by atoms with Gasteiger partial charge in [-0.25, -0.2) is 19.2 Å². The minimum atomic E-state index is -1.52. The van der Waals surface area contributed by atoms with Crippen molar-refractivity contribution < 1.29 is 57.6 Å². The smallest absolute Gasteiger partial charge is 0.408 e. The summed E-state index contributed by atoms with van der Waals surface area (Å²) in [6.45, 7) is 6.28. The van der Waals surface area contributed by atoms with Crippen molar-refractivity contribution in [2.24, 2.45) is 0 Å². The number of benzene rings is 4. The summed E-state index contributed by atoms with van der Waals surface area (Å²) in [6, 6.07) is 31.2. The highest BCUT2D eigenvalue weighted by molar-refractivity contribution is 7.99. The summed E-state index contributed by atoms with van der Waals surface area (Å²) < 4.78 is 27.3. The van der Waals surface area contributed by atoms with E-state index in [1.54, 1.807) is 93.6 Å². The van der Waals surface area contributed by atoms with Crippen molar-refractivity contribution in [2.45, 2.75) is 103 Å². The predicted molar refractivity (Wildman–Crippen MR) is 243 cm³/mol. The molecule has 0 aliphatic rings. The monoisotopic (exact) mass is 914 g/mol. The number of hydrogen-bond donors (Lipinski definition) is 5. The molecule has 1 unspecified atom stereocenters. The minimum absolute atomic E-state index is 0.0207. The molecule has 65 heavy (non-hydrogen) atoms. The summed E-state index contributed by atoms with van der Waals surface area (Å²) in [5, 5.41) is 21.5. The van der Waals surface area contributed by atoms with Gasteiger partial charge in [0, 0.05) is 17.9 Å². The lowest BCUT2D eigenvalue weighted by molar-refractivity contribution is -0.148. The van der Waals surface area contributed by atoms with Crippen LogP contribution in [0.2, 0.25) is 0 Å². The standard InChI is InChI=1S/C48H58N4O12S/c1-33(43(55)60-27-34-17-9-5-10-18-34)49-42(54)39(50-41(53)26-25-38(51-47(59)64-48(2,3)4)44(56)61-28-35-19-11-6-12-20-35)31-65-32-40(45(57)62-29-36-21-13-7-14-22-36)52-46(58)63-30-37-23-15-8-16-24-37/h5-24,33,38-40,45,57H,25-32H2,1-4H3,(H,49,54)(H,50,53)(H,51,59)(H,52,58)/t33-,38-,39-,40+,45?/m1/s1.